The summed E-state index contributed by atoms with van der Waals surface area (Å²) in [6, 6.07) is 8.31. The second kappa shape index (κ2) is 9.30. The van der Waals surface area contributed by atoms with Crippen LogP contribution in [0.1, 0.15) is 72.7 Å². The van der Waals surface area contributed by atoms with Crippen LogP contribution in [0.5, 0.6) is 11.5 Å². The lowest BCUT2D eigenvalue weighted by Crippen LogP contribution is -2.36. The van der Waals surface area contributed by atoms with Gasteiger partial charge in [-0.1, -0.05) is 30.5 Å². The smallest absolute Gasteiger partial charge is 0.290 e. The quantitative estimate of drug-likeness (QED) is 0.783. The van der Waals surface area contributed by atoms with E-state index in [1.54, 1.807) is 0 Å². The predicted molar refractivity (Wildman–Crippen MR) is 116 cm³/mol. The molecule has 0 bridgehead atoms. The maximum absolute atomic E-state index is 12.6. The molecule has 5 rings (SSSR count). The number of carbonyl (C=O) groups excluding carboxylic acids is 1. The molecule has 7 heteroatoms. The molecule has 2 aromatic rings. The van der Waals surface area contributed by atoms with Gasteiger partial charge in [0.15, 0.2) is 11.5 Å². The van der Waals surface area contributed by atoms with Crippen LogP contribution in [0.3, 0.4) is 0 Å². The number of benzene rings is 1. The molecular weight excluding hydrogens is 394 g/mol. The Labute approximate surface area is 183 Å². The minimum atomic E-state index is -0.130. The lowest BCUT2D eigenvalue weighted by Gasteiger charge is -2.32. The molecule has 3 heterocycles. The van der Waals surface area contributed by atoms with Crippen molar-refractivity contribution in [2.24, 2.45) is 0 Å². The van der Waals surface area contributed by atoms with E-state index in [1.807, 2.05) is 12.1 Å². The standard InChI is InChI=1S/C24H31N3O4/c28-24(25-19-6-2-1-3-7-19)23-14-20(26-31-23)18-5-4-10-27(16-18)15-17-8-9-21-22(13-17)30-12-11-29-21/h8-9,13-14,18-19H,1-7,10-12,15-16H2,(H,25,28)/t18-/m0/s1. The van der Waals surface area contributed by atoms with Crippen molar-refractivity contribution in [2.45, 2.75) is 63.5 Å². The van der Waals surface area contributed by atoms with Crippen LogP contribution in [-0.2, 0) is 6.54 Å². The zero-order chi connectivity index (χ0) is 21.0. The molecule has 7 nitrogen and oxygen atoms in total. The van der Waals surface area contributed by atoms with Crippen LogP contribution in [-0.4, -0.2) is 48.3 Å². The molecule has 1 saturated carbocycles. The van der Waals surface area contributed by atoms with Gasteiger partial charge in [-0.2, -0.15) is 0 Å². The zero-order valence-electron chi connectivity index (χ0n) is 18.0. The van der Waals surface area contributed by atoms with Gasteiger partial charge in [-0.25, -0.2) is 0 Å². The van der Waals surface area contributed by atoms with E-state index in [9.17, 15) is 4.79 Å². The Morgan fingerprint density at radius 2 is 1.87 bits per heavy atom. The van der Waals surface area contributed by atoms with Gasteiger partial charge >= 0.3 is 0 Å². The second-order valence-electron chi connectivity index (χ2n) is 8.98. The summed E-state index contributed by atoms with van der Waals surface area (Å²) in [7, 11) is 0. The maximum Gasteiger partial charge on any atom is 0.290 e. The first-order valence-electron chi connectivity index (χ1n) is 11.6. The van der Waals surface area contributed by atoms with E-state index in [1.165, 1.54) is 24.8 Å². The number of carbonyl (C=O) groups is 1. The number of hydrogen-bond acceptors (Lipinski definition) is 6. The number of amides is 1. The Kier molecular flexibility index (Phi) is 6.11. The van der Waals surface area contributed by atoms with Crippen LogP contribution in [0, 0.1) is 0 Å². The first kappa shape index (κ1) is 20.4. The molecule has 0 unspecified atom stereocenters. The summed E-state index contributed by atoms with van der Waals surface area (Å²) in [6.07, 6.45) is 7.93. The van der Waals surface area contributed by atoms with Crippen molar-refractivity contribution >= 4 is 5.91 Å². The van der Waals surface area contributed by atoms with Gasteiger partial charge in [0.25, 0.3) is 5.91 Å². The van der Waals surface area contributed by atoms with Gasteiger partial charge in [-0.05, 0) is 49.9 Å². The highest BCUT2D eigenvalue weighted by molar-refractivity contribution is 5.91. The van der Waals surface area contributed by atoms with Crippen molar-refractivity contribution in [2.75, 3.05) is 26.3 Å². The molecule has 1 aliphatic carbocycles. The summed E-state index contributed by atoms with van der Waals surface area (Å²) < 4.78 is 16.8. The van der Waals surface area contributed by atoms with Gasteiger partial charge in [0.05, 0.1) is 5.69 Å². The Balaban J connectivity index is 1.19. The third-order valence-electron chi connectivity index (χ3n) is 6.63. The van der Waals surface area contributed by atoms with E-state index in [0.29, 0.717) is 19.0 Å². The summed E-state index contributed by atoms with van der Waals surface area (Å²) in [6.45, 7) is 4.03. The van der Waals surface area contributed by atoms with E-state index in [-0.39, 0.29) is 17.9 Å². The molecule has 2 aliphatic heterocycles. The highest BCUT2D eigenvalue weighted by atomic mass is 16.6. The summed E-state index contributed by atoms with van der Waals surface area (Å²) in [5.41, 5.74) is 2.11. The Hall–Kier alpha value is -2.54. The predicted octanol–water partition coefficient (Wildman–Crippen LogP) is 3.89. The number of hydrogen-bond donors (Lipinski definition) is 1. The first-order chi connectivity index (χ1) is 15.2. The summed E-state index contributed by atoms with van der Waals surface area (Å²) >= 11 is 0. The van der Waals surface area contributed by atoms with E-state index < -0.39 is 0 Å². The lowest BCUT2D eigenvalue weighted by molar-refractivity contribution is 0.0890. The number of fused-ring (bicyclic) bond motifs is 1. The number of piperidine rings is 1. The maximum atomic E-state index is 12.6. The number of likely N-dealkylation sites (tertiary alicyclic amines) is 1. The highest BCUT2D eigenvalue weighted by Crippen LogP contribution is 2.32. The monoisotopic (exact) mass is 425 g/mol. The van der Waals surface area contributed by atoms with Gasteiger partial charge in [0.2, 0.25) is 5.76 Å². The van der Waals surface area contributed by atoms with E-state index >= 15 is 0 Å². The molecule has 3 aliphatic rings. The van der Waals surface area contributed by atoms with Gasteiger partial charge in [0, 0.05) is 31.1 Å². The Morgan fingerprint density at radius 1 is 1.03 bits per heavy atom. The van der Waals surface area contributed by atoms with Gasteiger partial charge < -0.3 is 19.3 Å². The molecule has 31 heavy (non-hydrogen) atoms. The van der Waals surface area contributed by atoms with Gasteiger partial charge in [-0.3, -0.25) is 9.69 Å². The molecular formula is C24H31N3O4. The topological polar surface area (TPSA) is 76.8 Å². The molecule has 1 aromatic heterocycles. The van der Waals surface area contributed by atoms with Crippen molar-refractivity contribution < 1.29 is 18.8 Å². The van der Waals surface area contributed by atoms with Crippen molar-refractivity contribution in [1.29, 1.82) is 0 Å². The highest BCUT2D eigenvalue weighted by Gasteiger charge is 2.26. The number of nitrogens with zero attached hydrogens (tertiary/aromatic N) is 2. The zero-order valence-corrected chi connectivity index (χ0v) is 18.0. The van der Waals surface area contributed by atoms with E-state index in [4.69, 9.17) is 14.0 Å². The van der Waals surface area contributed by atoms with Crippen molar-refractivity contribution in [3.8, 4) is 11.5 Å². The number of nitrogens with one attached hydrogen (secondary N) is 1. The van der Waals surface area contributed by atoms with Crippen molar-refractivity contribution in [3.63, 3.8) is 0 Å². The summed E-state index contributed by atoms with van der Waals surface area (Å²) in [5.74, 6) is 2.15. The molecule has 0 spiro atoms. The number of ether oxygens (including phenoxy) is 2. The lowest BCUT2D eigenvalue weighted by atomic mass is 9.94. The van der Waals surface area contributed by atoms with Gasteiger partial charge in [-0.15, -0.1) is 0 Å². The molecule has 1 aromatic carbocycles. The SMILES string of the molecule is O=C(NC1CCCCC1)c1cc([C@H]2CCCN(Cc3ccc4c(c3)OCCO4)C2)no1. The Morgan fingerprint density at radius 3 is 2.74 bits per heavy atom. The average molecular weight is 426 g/mol. The van der Waals surface area contributed by atoms with E-state index in [2.05, 4.69) is 27.5 Å². The molecule has 2 fully saturated rings. The second-order valence-corrected chi connectivity index (χ2v) is 8.98. The van der Waals surface area contributed by atoms with Crippen molar-refractivity contribution in [1.82, 2.24) is 15.4 Å². The third-order valence-corrected chi connectivity index (χ3v) is 6.63. The fraction of sp³-hybridized carbons (Fsp3) is 0.583. The molecule has 1 saturated heterocycles. The normalized spacial score (nSPS) is 22.3. The minimum absolute atomic E-state index is 0.130. The largest absolute Gasteiger partial charge is 0.486 e. The third kappa shape index (κ3) is 4.87. The number of aromatic nitrogens is 1. The average Bonchev–Trinajstić information content (AvgIpc) is 3.31. The molecule has 166 valence electrons. The van der Waals surface area contributed by atoms with Crippen LogP contribution in [0.15, 0.2) is 28.8 Å². The fourth-order valence-corrected chi connectivity index (χ4v) is 4.98. The minimum Gasteiger partial charge on any atom is -0.486 e. The molecule has 1 atom stereocenters. The molecule has 1 N–H and O–H groups in total. The van der Waals surface area contributed by atoms with Crippen molar-refractivity contribution in [3.05, 3.63) is 41.3 Å². The molecule has 1 amide bonds. The van der Waals surface area contributed by atoms with E-state index in [0.717, 1.165) is 62.5 Å². The summed E-state index contributed by atoms with van der Waals surface area (Å²) in [4.78, 5) is 15.0. The fourth-order valence-electron chi connectivity index (χ4n) is 4.98. The van der Waals surface area contributed by atoms with Crippen LogP contribution in [0.25, 0.3) is 0 Å². The Bertz CT molecular complexity index is 906. The van der Waals surface area contributed by atoms with Crippen LogP contribution >= 0.6 is 0 Å². The summed E-state index contributed by atoms with van der Waals surface area (Å²) in [5, 5.41) is 7.37. The first-order valence-corrected chi connectivity index (χ1v) is 11.6. The molecule has 0 radical (unpaired) electrons. The van der Waals surface area contributed by atoms with Crippen LogP contribution < -0.4 is 14.8 Å². The number of rotatable bonds is 5. The van der Waals surface area contributed by atoms with Gasteiger partial charge in [0.1, 0.15) is 13.2 Å². The van der Waals surface area contributed by atoms with Crippen LogP contribution in [0.2, 0.25) is 0 Å². The van der Waals surface area contributed by atoms with Crippen LogP contribution in [0.4, 0.5) is 0 Å².